The molecule has 5 rings (SSSR count). The molecule has 2 aromatic carbocycles. The normalized spacial score (nSPS) is 20.9. The van der Waals surface area contributed by atoms with Gasteiger partial charge in [0.05, 0.1) is 17.1 Å². The number of nitrogens with one attached hydrogen (secondary N) is 3. The quantitative estimate of drug-likeness (QED) is 0.525. The average Bonchev–Trinajstić information content (AvgIpc) is 3.33. The molecule has 3 N–H and O–H groups in total. The van der Waals surface area contributed by atoms with E-state index in [2.05, 4.69) is 20.6 Å². The van der Waals surface area contributed by atoms with Crippen molar-refractivity contribution in [3.63, 3.8) is 0 Å². The van der Waals surface area contributed by atoms with Gasteiger partial charge in [0.2, 0.25) is 5.91 Å². The number of H-pyrrole nitrogens is 1. The first-order chi connectivity index (χ1) is 15.9. The predicted molar refractivity (Wildman–Crippen MR) is 123 cm³/mol. The van der Waals surface area contributed by atoms with Crippen LogP contribution in [0.5, 0.6) is 0 Å². The fourth-order valence-corrected chi connectivity index (χ4v) is 4.99. The smallest absolute Gasteiger partial charge is 0.325 e. The molecule has 2 aliphatic rings. The zero-order valence-corrected chi connectivity index (χ0v) is 18.7. The average molecular weight is 446 g/mol. The number of urea groups is 1. The largest absolute Gasteiger partial charge is 0.344 e. The number of para-hydroxylation sites is 2. The van der Waals surface area contributed by atoms with Gasteiger partial charge in [-0.25, -0.2) is 9.78 Å². The number of benzene rings is 2. The van der Waals surface area contributed by atoms with Gasteiger partial charge < -0.3 is 15.6 Å². The van der Waals surface area contributed by atoms with Gasteiger partial charge in [0.1, 0.15) is 17.9 Å². The number of hydrogen-bond acceptors (Lipinski definition) is 4. The summed E-state index contributed by atoms with van der Waals surface area (Å²) in [6, 6.07) is 14.5. The molecule has 1 fully saturated rings. The highest BCUT2D eigenvalue weighted by Gasteiger charge is 2.54. The van der Waals surface area contributed by atoms with Gasteiger partial charge in [0.25, 0.3) is 5.91 Å². The molecule has 0 bridgehead atoms. The number of imidazole rings is 1. The molecule has 1 spiro atoms. The summed E-state index contributed by atoms with van der Waals surface area (Å²) in [6.45, 7) is 3.64. The van der Waals surface area contributed by atoms with Crippen molar-refractivity contribution in [2.45, 2.75) is 44.7 Å². The molecule has 1 aliphatic carbocycles. The predicted octanol–water partition coefficient (Wildman–Crippen LogP) is 3.16. The number of aryl methyl sites for hydroxylation is 1. The molecular formula is C25H27N5O3. The Morgan fingerprint density at radius 3 is 2.70 bits per heavy atom. The second-order valence-corrected chi connectivity index (χ2v) is 9.17. The van der Waals surface area contributed by atoms with Gasteiger partial charge in [-0.2, -0.15) is 0 Å². The number of nitrogens with zero attached hydrogens (tertiary/aromatic N) is 2. The van der Waals surface area contributed by atoms with Crippen molar-refractivity contribution in [3.05, 3.63) is 65.5 Å². The Labute approximate surface area is 191 Å². The van der Waals surface area contributed by atoms with Crippen molar-refractivity contribution in [3.8, 4) is 0 Å². The van der Waals surface area contributed by atoms with Gasteiger partial charge in [-0.3, -0.25) is 14.5 Å². The number of carbonyl (C=O) groups excluding carboxylic acids is 3. The lowest BCUT2D eigenvalue weighted by molar-refractivity contribution is -0.136. The van der Waals surface area contributed by atoms with Crippen molar-refractivity contribution in [2.24, 2.45) is 5.92 Å². The van der Waals surface area contributed by atoms with E-state index < -0.39 is 17.5 Å². The van der Waals surface area contributed by atoms with Gasteiger partial charge in [0.15, 0.2) is 0 Å². The van der Waals surface area contributed by atoms with Crippen LogP contribution in [0.25, 0.3) is 11.0 Å². The first kappa shape index (κ1) is 21.2. The molecule has 8 heteroatoms. The SMILES string of the molecule is CC(C)[C@@H](NC(=O)CN1C(=O)N[C@]2(CCCc3ccccc32)C1=O)c1nc2ccccc2[nH]1. The Hall–Kier alpha value is -3.68. The molecule has 0 radical (unpaired) electrons. The lowest BCUT2D eigenvalue weighted by Gasteiger charge is -2.33. The van der Waals surface area contributed by atoms with Crippen LogP contribution in [0.4, 0.5) is 4.79 Å². The number of aromatic amines is 1. The van der Waals surface area contributed by atoms with Crippen molar-refractivity contribution < 1.29 is 14.4 Å². The lowest BCUT2D eigenvalue weighted by Crippen LogP contribution is -2.47. The van der Waals surface area contributed by atoms with E-state index in [-0.39, 0.29) is 24.4 Å². The standard InChI is InChI=1S/C25H27N5O3/c1-15(2)21(22-26-18-11-5-6-12-19(18)27-22)28-20(31)14-30-23(32)25(29-24(30)33)13-7-9-16-8-3-4-10-17(16)25/h3-6,8,10-12,15,21H,7,9,13-14H2,1-2H3,(H,26,27)(H,28,31)(H,29,33)/t21-,25+/m1/s1. The third-order valence-electron chi connectivity index (χ3n) is 6.64. The van der Waals surface area contributed by atoms with Crippen LogP contribution in [0, 0.1) is 5.92 Å². The van der Waals surface area contributed by atoms with Gasteiger partial charge in [-0.05, 0) is 48.4 Å². The minimum atomic E-state index is -1.08. The number of amides is 4. The molecule has 1 aliphatic heterocycles. The maximum Gasteiger partial charge on any atom is 0.325 e. The van der Waals surface area contributed by atoms with Crippen LogP contribution in [0.3, 0.4) is 0 Å². The van der Waals surface area contributed by atoms with E-state index in [0.29, 0.717) is 12.2 Å². The monoisotopic (exact) mass is 445 g/mol. The second kappa shape index (κ2) is 8.03. The molecule has 8 nitrogen and oxygen atoms in total. The highest BCUT2D eigenvalue weighted by molar-refractivity contribution is 6.09. The van der Waals surface area contributed by atoms with E-state index in [1.54, 1.807) is 0 Å². The summed E-state index contributed by atoms with van der Waals surface area (Å²) >= 11 is 0. The highest BCUT2D eigenvalue weighted by Crippen LogP contribution is 2.39. The maximum atomic E-state index is 13.4. The number of hydrogen-bond donors (Lipinski definition) is 3. The van der Waals surface area contributed by atoms with Crippen molar-refractivity contribution in [1.29, 1.82) is 0 Å². The molecule has 2 atom stereocenters. The van der Waals surface area contributed by atoms with Crippen molar-refractivity contribution in [2.75, 3.05) is 6.54 Å². The fraction of sp³-hybridized carbons (Fsp3) is 0.360. The zero-order chi connectivity index (χ0) is 23.2. The number of carbonyl (C=O) groups is 3. The van der Waals surface area contributed by atoms with Crippen LogP contribution in [-0.4, -0.2) is 39.3 Å². The third-order valence-corrected chi connectivity index (χ3v) is 6.64. The topological polar surface area (TPSA) is 107 Å². The number of aromatic nitrogens is 2. The number of imide groups is 1. The first-order valence-electron chi connectivity index (χ1n) is 11.4. The molecule has 33 heavy (non-hydrogen) atoms. The Bertz CT molecular complexity index is 1220. The molecule has 2 heterocycles. The minimum absolute atomic E-state index is 0.0502. The first-order valence-corrected chi connectivity index (χ1v) is 11.4. The van der Waals surface area contributed by atoms with E-state index in [9.17, 15) is 14.4 Å². The van der Waals surface area contributed by atoms with Crippen LogP contribution in [-0.2, 0) is 21.5 Å². The van der Waals surface area contributed by atoms with Gasteiger partial charge >= 0.3 is 6.03 Å². The van der Waals surface area contributed by atoms with Crippen molar-refractivity contribution >= 4 is 28.9 Å². The molecule has 170 valence electrons. The van der Waals surface area contributed by atoms with E-state index in [4.69, 9.17) is 0 Å². The molecule has 0 unspecified atom stereocenters. The second-order valence-electron chi connectivity index (χ2n) is 9.17. The summed E-state index contributed by atoms with van der Waals surface area (Å²) in [4.78, 5) is 48.1. The van der Waals surface area contributed by atoms with E-state index in [1.807, 2.05) is 62.4 Å². The van der Waals surface area contributed by atoms with Crippen LogP contribution in [0.15, 0.2) is 48.5 Å². The van der Waals surface area contributed by atoms with Crippen LogP contribution >= 0.6 is 0 Å². The molecular weight excluding hydrogens is 418 g/mol. The summed E-state index contributed by atoms with van der Waals surface area (Å²) < 4.78 is 0. The zero-order valence-electron chi connectivity index (χ0n) is 18.7. The third kappa shape index (κ3) is 3.55. The molecule has 1 saturated heterocycles. The Kier molecular flexibility index (Phi) is 5.15. The van der Waals surface area contributed by atoms with Gasteiger partial charge in [-0.15, -0.1) is 0 Å². The summed E-state index contributed by atoms with van der Waals surface area (Å²) in [5.41, 5.74) is 2.52. The summed E-state index contributed by atoms with van der Waals surface area (Å²) in [5.74, 6) is -0.0676. The minimum Gasteiger partial charge on any atom is -0.344 e. The Morgan fingerprint density at radius 1 is 1.15 bits per heavy atom. The van der Waals surface area contributed by atoms with Gasteiger partial charge in [-0.1, -0.05) is 50.2 Å². The lowest BCUT2D eigenvalue weighted by atomic mass is 9.76. The van der Waals surface area contributed by atoms with Crippen LogP contribution in [0.1, 0.15) is 49.7 Å². The Balaban J connectivity index is 1.35. The molecule has 3 aromatic rings. The number of fused-ring (bicyclic) bond motifs is 3. The van der Waals surface area contributed by atoms with E-state index in [0.717, 1.165) is 39.9 Å². The highest BCUT2D eigenvalue weighted by atomic mass is 16.2. The van der Waals surface area contributed by atoms with Gasteiger partial charge in [0, 0.05) is 0 Å². The fourth-order valence-electron chi connectivity index (χ4n) is 4.99. The van der Waals surface area contributed by atoms with Crippen LogP contribution < -0.4 is 10.6 Å². The van der Waals surface area contributed by atoms with Crippen LogP contribution in [0.2, 0.25) is 0 Å². The van der Waals surface area contributed by atoms with Crippen molar-refractivity contribution in [1.82, 2.24) is 25.5 Å². The Morgan fingerprint density at radius 2 is 1.91 bits per heavy atom. The summed E-state index contributed by atoms with van der Waals surface area (Å²) in [6.07, 6.45) is 2.19. The van der Waals surface area contributed by atoms with E-state index >= 15 is 0 Å². The van der Waals surface area contributed by atoms with E-state index in [1.165, 1.54) is 0 Å². The number of rotatable bonds is 5. The summed E-state index contributed by atoms with van der Waals surface area (Å²) in [7, 11) is 0. The molecule has 4 amide bonds. The molecule has 0 saturated carbocycles. The molecule has 1 aromatic heterocycles. The summed E-state index contributed by atoms with van der Waals surface area (Å²) in [5, 5.41) is 5.86. The maximum absolute atomic E-state index is 13.4.